The van der Waals surface area contributed by atoms with Crippen molar-refractivity contribution in [2.75, 3.05) is 32.8 Å². The van der Waals surface area contributed by atoms with Gasteiger partial charge in [0.15, 0.2) is 0 Å². The van der Waals surface area contributed by atoms with Gasteiger partial charge in [-0.3, -0.25) is 5.43 Å². The smallest absolute Gasteiger partial charge is 0.0608 e. The Kier molecular flexibility index (Phi) is 5.32. The number of nitrogens with zero attached hydrogens (tertiary/aromatic N) is 1. The van der Waals surface area contributed by atoms with E-state index in [0.717, 1.165) is 39.3 Å². The SMILES string of the molecule is [CH2]CCCCNN1CCOCC1. The third-order valence-electron chi connectivity index (χ3n) is 2.02. The first-order valence-electron chi connectivity index (χ1n) is 4.79. The van der Waals surface area contributed by atoms with Gasteiger partial charge in [0.2, 0.25) is 0 Å². The Morgan fingerprint density at radius 3 is 2.67 bits per heavy atom. The second-order valence-corrected chi connectivity index (χ2v) is 3.07. The van der Waals surface area contributed by atoms with Gasteiger partial charge in [-0.2, -0.15) is 0 Å². The van der Waals surface area contributed by atoms with Crippen LogP contribution in [-0.4, -0.2) is 37.9 Å². The lowest BCUT2D eigenvalue weighted by molar-refractivity contribution is 0.0119. The highest BCUT2D eigenvalue weighted by atomic mass is 16.5. The second kappa shape index (κ2) is 6.40. The quantitative estimate of drug-likeness (QED) is 0.620. The number of morpholine rings is 1. The lowest BCUT2D eigenvalue weighted by Gasteiger charge is -2.27. The number of unbranched alkanes of at least 4 members (excludes halogenated alkanes) is 2. The fourth-order valence-corrected chi connectivity index (χ4v) is 1.26. The molecule has 0 atom stereocenters. The van der Waals surface area contributed by atoms with Gasteiger partial charge in [-0.25, -0.2) is 5.01 Å². The topological polar surface area (TPSA) is 24.5 Å². The summed E-state index contributed by atoms with van der Waals surface area (Å²) in [6, 6.07) is 0. The standard InChI is InChI=1S/C9H19N2O/c1-2-3-4-5-10-11-6-8-12-9-7-11/h10H,1-9H2. The largest absolute Gasteiger partial charge is 0.379 e. The van der Waals surface area contributed by atoms with Gasteiger partial charge in [0, 0.05) is 19.6 Å². The first-order chi connectivity index (χ1) is 5.93. The van der Waals surface area contributed by atoms with Crippen molar-refractivity contribution in [3.63, 3.8) is 0 Å². The summed E-state index contributed by atoms with van der Waals surface area (Å²) in [6.45, 7) is 8.65. The Balaban J connectivity index is 1.91. The van der Waals surface area contributed by atoms with E-state index >= 15 is 0 Å². The summed E-state index contributed by atoms with van der Waals surface area (Å²) in [5.41, 5.74) is 3.38. The van der Waals surface area contributed by atoms with Crippen LogP contribution in [0.4, 0.5) is 0 Å². The molecule has 0 saturated carbocycles. The Morgan fingerprint density at radius 2 is 2.00 bits per heavy atom. The zero-order chi connectivity index (χ0) is 8.65. The van der Waals surface area contributed by atoms with Crippen LogP contribution in [0.2, 0.25) is 0 Å². The van der Waals surface area contributed by atoms with Gasteiger partial charge in [-0.15, -0.1) is 0 Å². The van der Waals surface area contributed by atoms with Crippen molar-refractivity contribution in [1.82, 2.24) is 10.4 Å². The van der Waals surface area contributed by atoms with Crippen molar-refractivity contribution in [2.45, 2.75) is 19.3 Å². The van der Waals surface area contributed by atoms with Crippen molar-refractivity contribution in [3.05, 3.63) is 6.92 Å². The van der Waals surface area contributed by atoms with E-state index in [1.165, 1.54) is 12.8 Å². The summed E-state index contributed by atoms with van der Waals surface area (Å²) in [4.78, 5) is 0. The van der Waals surface area contributed by atoms with Crippen LogP contribution in [-0.2, 0) is 4.74 Å². The fourth-order valence-electron chi connectivity index (χ4n) is 1.26. The lowest BCUT2D eigenvalue weighted by Crippen LogP contribution is -2.45. The molecule has 0 amide bonds. The highest BCUT2D eigenvalue weighted by Crippen LogP contribution is 1.94. The van der Waals surface area contributed by atoms with Crippen LogP contribution >= 0.6 is 0 Å². The molecule has 1 aliphatic heterocycles. The molecule has 0 aromatic heterocycles. The molecule has 0 aliphatic carbocycles. The highest BCUT2D eigenvalue weighted by molar-refractivity contribution is 4.57. The third kappa shape index (κ3) is 4.04. The zero-order valence-electron chi connectivity index (χ0n) is 7.72. The van der Waals surface area contributed by atoms with Gasteiger partial charge in [0.05, 0.1) is 13.2 Å². The van der Waals surface area contributed by atoms with Crippen LogP contribution in [0.25, 0.3) is 0 Å². The average molecular weight is 171 g/mol. The molecule has 1 aliphatic rings. The van der Waals surface area contributed by atoms with Crippen molar-refractivity contribution in [1.29, 1.82) is 0 Å². The van der Waals surface area contributed by atoms with E-state index in [1.807, 2.05) is 0 Å². The van der Waals surface area contributed by atoms with E-state index in [9.17, 15) is 0 Å². The van der Waals surface area contributed by atoms with E-state index in [1.54, 1.807) is 0 Å². The summed E-state index contributed by atoms with van der Waals surface area (Å²) in [6.07, 6.45) is 3.49. The van der Waals surface area contributed by atoms with Crippen LogP contribution in [0.3, 0.4) is 0 Å². The maximum Gasteiger partial charge on any atom is 0.0608 e. The first kappa shape index (κ1) is 9.96. The van der Waals surface area contributed by atoms with E-state index in [-0.39, 0.29) is 0 Å². The average Bonchev–Trinajstić information content (AvgIpc) is 2.14. The number of rotatable bonds is 5. The normalized spacial score (nSPS) is 19.8. The molecule has 3 heteroatoms. The molecule has 1 heterocycles. The Labute approximate surface area is 75.0 Å². The van der Waals surface area contributed by atoms with Crippen LogP contribution in [0, 0.1) is 6.92 Å². The van der Waals surface area contributed by atoms with Crippen molar-refractivity contribution in [2.24, 2.45) is 0 Å². The van der Waals surface area contributed by atoms with Crippen LogP contribution < -0.4 is 5.43 Å². The molecule has 1 N–H and O–H groups in total. The summed E-state index contributed by atoms with van der Waals surface area (Å²) in [5, 5.41) is 2.24. The monoisotopic (exact) mass is 171 g/mol. The summed E-state index contributed by atoms with van der Waals surface area (Å²) in [5.74, 6) is 0. The van der Waals surface area contributed by atoms with Gasteiger partial charge in [-0.05, 0) is 6.42 Å². The highest BCUT2D eigenvalue weighted by Gasteiger charge is 2.07. The molecular formula is C9H19N2O. The Morgan fingerprint density at radius 1 is 1.25 bits per heavy atom. The molecule has 1 radical (unpaired) electrons. The van der Waals surface area contributed by atoms with E-state index in [0.29, 0.717) is 0 Å². The van der Waals surface area contributed by atoms with Gasteiger partial charge in [0.1, 0.15) is 0 Å². The number of ether oxygens (including phenoxy) is 1. The number of hydrogen-bond acceptors (Lipinski definition) is 3. The Hall–Kier alpha value is -0.120. The molecule has 1 saturated heterocycles. The van der Waals surface area contributed by atoms with Crippen molar-refractivity contribution < 1.29 is 4.74 Å². The lowest BCUT2D eigenvalue weighted by atomic mass is 10.2. The van der Waals surface area contributed by atoms with Crippen molar-refractivity contribution in [3.8, 4) is 0 Å². The maximum atomic E-state index is 5.24. The molecular weight excluding hydrogens is 152 g/mol. The number of hydrazine groups is 1. The van der Waals surface area contributed by atoms with Gasteiger partial charge >= 0.3 is 0 Å². The molecule has 0 aromatic carbocycles. The van der Waals surface area contributed by atoms with Crippen LogP contribution in [0.15, 0.2) is 0 Å². The van der Waals surface area contributed by atoms with Crippen LogP contribution in [0.1, 0.15) is 19.3 Å². The van der Waals surface area contributed by atoms with E-state index in [4.69, 9.17) is 4.74 Å². The molecule has 3 nitrogen and oxygen atoms in total. The summed E-state index contributed by atoms with van der Waals surface area (Å²) in [7, 11) is 0. The first-order valence-corrected chi connectivity index (χ1v) is 4.79. The van der Waals surface area contributed by atoms with Gasteiger partial charge in [0.25, 0.3) is 0 Å². The Bertz CT molecular complexity index is 103. The van der Waals surface area contributed by atoms with Gasteiger partial charge < -0.3 is 4.74 Å². The predicted molar refractivity (Wildman–Crippen MR) is 49.6 cm³/mol. The summed E-state index contributed by atoms with van der Waals surface area (Å²) >= 11 is 0. The maximum absolute atomic E-state index is 5.24. The predicted octanol–water partition coefficient (Wildman–Crippen LogP) is 0.828. The number of nitrogens with one attached hydrogen (secondary N) is 1. The molecule has 1 fully saturated rings. The van der Waals surface area contributed by atoms with Crippen molar-refractivity contribution >= 4 is 0 Å². The minimum atomic E-state index is 0.863. The zero-order valence-corrected chi connectivity index (χ0v) is 7.72. The molecule has 0 unspecified atom stereocenters. The van der Waals surface area contributed by atoms with E-state index in [2.05, 4.69) is 17.4 Å². The number of hydrogen-bond donors (Lipinski definition) is 1. The molecule has 0 bridgehead atoms. The molecule has 12 heavy (non-hydrogen) atoms. The van der Waals surface area contributed by atoms with Gasteiger partial charge in [-0.1, -0.05) is 19.8 Å². The minimum Gasteiger partial charge on any atom is -0.379 e. The molecule has 71 valence electrons. The van der Waals surface area contributed by atoms with E-state index < -0.39 is 0 Å². The molecule has 1 rings (SSSR count). The van der Waals surface area contributed by atoms with Crippen LogP contribution in [0.5, 0.6) is 0 Å². The third-order valence-corrected chi connectivity index (χ3v) is 2.02. The molecule has 0 aromatic rings. The molecule has 0 spiro atoms. The minimum absolute atomic E-state index is 0.863. The fraction of sp³-hybridized carbons (Fsp3) is 0.889. The second-order valence-electron chi connectivity index (χ2n) is 3.07. The summed E-state index contributed by atoms with van der Waals surface area (Å²) < 4.78 is 5.24.